The molecule has 2 rings (SSSR count). The van der Waals surface area contributed by atoms with E-state index in [1.54, 1.807) is 38.5 Å². The minimum Gasteiger partial charge on any atom is -0.497 e. The molecule has 1 N–H and O–H groups in total. The Morgan fingerprint density at radius 3 is 1.79 bits per heavy atom. The number of amidine groups is 1. The van der Waals surface area contributed by atoms with Gasteiger partial charge in [0.2, 0.25) is 10.0 Å². The SMILES string of the molecule is C=N/C(=N\C=C(C)C)[C@H](O)[C@H](C)S(=O)(=O)N(Cc1ccc(OC)cc1)Cc1ccc(OC)cc1. The molecule has 8 nitrogen and oxygen atoms in total. The van der Waals surface area contributed by atoms with Crippen LogP contribution in [0, 0.1) is 0 Å². The van der Waals surface area contributed by atoms with Gasteiger partial charge in [-0.2, -0.15) is 4.31 Å². The van der Waals surface area contributed by atoms with E-state index in [1.807, 2.05) is 38.1 Å². The molecule has 0 saturated carbocycles. The van der Waals surface area contributed by atoms with Crippen LogP contribution in [0.3, 0.4) is 0 Å². The average Bonchev–Trinajstić information content (AvgIpc) is 2.84. The van der Waals surface area contributed by atoms with Crippen LogP contribution >= 0.6 is 0 Å². The second-order valence-corrected chi connectivity index (χ2v) is 10.3. The molecule has 34 heavy (non-hydrogen) atoms. The maximum Gasteiger partial charge on any atom is 0.220 e. The van der Waals surface area contributed by atoms with Crippen LogP contribution in [0.5, 0.6) is 11.5 Å². The number of aliphatic hydroxyl groups is 1. The van der Waals surface area contributed by atoms with Crippen molar-refractivity contribution in [2.75, 3.05) is 14.2 Å². The van der Waals surface area contributed by atoms with Gasteiger partial charge >= 0.3 is 0 Å². The van der Waals surface area contributed by atoms with Gasteiger partial charge in [-0.05, 0) is 62.9 Å². The summed E-state index contributed by atoms with van der Waals surface area (Å²) in [6.45, 7) is 8.77. The van der Waals surface area contributed by atoms with Gasteiger partial charge in [-0.1, -0.05) is 29.8 Å². The van der Waals surface area contributed by atoms with Crippen molar-refractivity contribution in [1.82, 2.24) is 4.31 Å². The van der Waals surface area contributed by atoms with Gasteiger partial charge < -0.3 is 14.6 Å². The molecule has 0 bridgehead atoms. The summed E-state index contributed by atoms with van der Waals surface area (Å²) in [7, 11) is -0.850. The Hall–Kier alpha value is -3.01. The van der Waals surface area contributed by atoms with Gasteiger partial charge in [0.25, 0.3) is 0 Å². The molecule has 0 spiro atoms. The smallest absolute Gasteiger partial charge is 0.220 e. The van der Waals surface area contributed by atoms with Crippen molar-refractivity contribution in [3.63, 3.8) is 0 Å². The van der Waals surface area contributed by atoms with Gasteiger partial charge in [0.1, 0.15) is 22.9 Å². The lowest BCUT2D eigenvalue weighted by molar-refractivity contribution is 0.232. The number of aliphatic imine (C=N–C) groups is 2. The third kappa shape index (κ3) is 7.24. The van der Waals surface area contributed by atoms with Crippen molar-refractivity contribution in [3.8, 4) is 11.5 Å². The first-order chi connectivity index (χ1) is 16.1. The summed E-state index contributed by atoms with van der Waals surface area (Å²) in [6.07, 6.45) is 0.0614. The van der Waals surface area contributed by atoms with Crippen molar-refractivity contribution < 1.29 is 23.0 Å². The molecule has 2 aromatic carbocycles. The highest BCUT2D eigenvalue weighted by atomic mass is 32.2. The Morgan fingerprint density at radius 2 is 1.44 bits per heavy atom. The summed E-state index contributed by atoms with van der Waals surface area (Å²) in [5.41, 5.74) is 2.43. The van der Waals surface area contributed by atoms with Gasteiger partial charge in [-0.15, -0.1) is 0 Å². The molecule has 0 amide bonds. The summed E-state index contributed by atoms with van der Waals surface area (Å²) in [6, 6.07) is 14.3. The minimum absolute atomic E-state index is 0.0499. The molecule has 0 unspecified atom stereocenters. The summed E-state index contributed by atoms with van der Waals surface area (Å²) < 4.78 is 39.1. The first kappa shape index (κ1) is 27.2. The lowest BCUT2D eigenvalue weighted by Gasteiger charge is -2.28. The van der Waals surface area contributed by atoms with Crippen LogP contribution in [0.15, 0.2) is 70.3 Å². The van der Waals surface area contributed by atoms with Gasteiger partial charge in [0.05, 0.1) is 14.2 Å². The van der Waals surface area contributed by atoms with Crippen LogP contribution in [0.25, 0.3) is 0 Å². The molecule has 0 heterocycles. The molecule has 0 fully saturated rings. The van der Waals surface area contributed by atoms with E-state index in [4.69, 9.17) is 9.47 Å². The Morgan fingerprint density at radius 1 is 1.00 bits per heavy atom. The molecule has 9 heteroatoms. The zero-order chi connectivity index (χ0) is 25.3. The first-order valence-electron chi connectivity index (χ1n) is 10.7. The minimum atomic E-state index is -3.99. The van der Waals surface area contributed by atoms with Gasteiger partial charge in [0.15, 0.2) is 5.84 Å². The van der Waals surface area contributed by atoms with E-state index < -0.39 is 21.4 Å². The van der Waals surface area contributed by atoms with Gasteiger partial charge in [0, 0.05) is 19.3 Å². The molecule has 0 aromatic heterocycles. The summed E-state index contributed by atoms with van der Waals surface area (Å²) in [4.78, 5) is 7.86. The van der Waals surface area contributed by atoms with Gasteiger partial charge in [-0.3, -0.25) is 0 Å². The summed E-state index contributed by atoms with van der Waals surface area (Å²) in [5.74, 6) is 1.30. The molecule has 0 aliphatic carbocycles. The van der Waals surface area contributed by atoms with Crippen LogP contribution in [0.1, 0.15) is 31.9 Å². The molecule has 2 aromatic rings. The zero-order valence-corrected chi connectivity index (χ0v) is 21.1. The third-order valence-electron chi connectivity index (χ3n) is 5.19. The van der Waals surface area contributed by atoms with E-state index in [1.165, 1.54) is 17.4 Å². The monoisotopic (exact) mass is 487 g/mol. The van der Waals surface area contributed by atoms with E-state index >= 15 is 0 Å². The predicted octanol–water partition coefficient (Wildman–Crippen LogP) is 3.81. The zero-order valence-electron chi connectivity index (χ0n) is 20.3. The largest absolute Gasteiger partial charge is 0.497 e. The van der Waals surface area contributed by atoms with E-state index in [2.05, 4.69) is 16.7 Å². The van der Waals surface area contributed by atoms with Crippen LogP contribution in [-0.2, 0) is 23.1 Å². The number of hydrogen-bond donors (Lipinski definition) is 1. The Balaban J connectivity index is 2.41. The quantitative estimate of drug-likeness (QED) is 0.384. The van der Waals surface area contributed by atoms with Crippen molar-refractivity contribution in [1.29, 1.82) is 0 Å². The maximum absolute atomic E-state index is 13.7. The number of allylic oxidation sites excluding steroid dienone is 1. The molecule has 0 aliphatic rings. The molecule has 2 atom stereocenters. The van der Waals surface area contributed by atoms with Crippen molar-refractivity contribution in [3.05, 3.63) is 71.4 Å². The number of sulfonamides is 1. The maximum atomic E-state index is 13.7. The number of benzene rings is 2. The highest BCUT2D eigenvalue weighted by Gasteiger charge is 2.36. The number of rotatable bonds is 11. The number of aliphatic hydroxyl groups excluding tert-OH is 1. The Bertz CT molecular complexity index is 1060. The van der Waals surface area contributed by atoms with E-state index in [0.717, 1.165) is 16.7 Å². The second kappa shape index (κ2) is 12.5. The average molecular weight is 488 g/mol. The van der Waals surface area contributed by atoms with E-state index in [0.29, 0.717) is 11.5 Å². The second-order valence-electron chi connectivity index (χ2n) is 8.01. The number of hydrogen-bond acceptors (Lipinski definition) is 6. The topological polar surface area (TPSA) is 101 Å². The van der Waals surface area contributed by atoms with E-state index in [-0.39, 0.29) is 18.9 Å². The molecule has 0 radical (unpaired) electrons. The molecule has 0 aliphatic heterocycles. The lowest BCUT2D eigenvalue weighted by atomic mass is 10.2. The third-order valence-corrected chi connectivity index (χ3v) is 7.37. The molecular formula is C25H33N3O5S. The number of methoxy groups -OCH3 is 2. The highest BCUT2D eigenvalue weighted by Crippen LogP contribution is 2.23. The predicted molar refractivity (Wildman–Crippen MR) is 136 cm³/mol. The molecule has 184 valence electrons. The Kier molecular flexibility index (Phi) is 9.97. The number of nitrogens with zero attached hydrogens (tertiary/aromatic N) is 3. The van der Waals surface area contributed by atoms with Crippen LogP contribution in [-0.4, -0.2) is 56.0 Å². The summed E-state index contributed by atoms with van der Waals surface area (Å²) >= 11 is 0. The van der Waals surface area contributed by atoms with Crippen LogP contribution in [0.2, 0.25) is 0 Å². The van der Waals surface area contributed by atoms with Crippen molar-refractivity contribution in [2.24, 2.45) is 9.98 Å². The number of ether oxygens (including phenoxy) is 2. The van der Waals surface area contributed by atoms with Gasteiger partial charge in [-0.25, -0.2) is 18.4 Å². The fourth-order valence-electron chi connectivity index (χ4n) is 3.12. The van der Waals surface area contributed by atoms with Crippen molar-refractivity contribution in [2.45, 2.75) is 45.2 Å². The fourth-order valence-corrected chi connectivity index (χ4v) is 4.69. The first-order valence-corrected chi connectivity index (χ1v) is 12.2. The van der Waals surface area contributed by atoms with Crippen LogP contribution < -0.4 is 9.47 Å². The van der Waals surface area contributed by atoms with E-state index in [9.17, 15) is 13.5 Å². The van der Waals surface area contributed by atoms with Crippen LogP contribution in [0.4, 0.5) is 0 Å². The fraction of sp³-hybridized carbons (Fsp3) is 0.360. The molecular weight excluding hydrogens is 454 g/mol. The lowest BCUT2D eigenvalue weighted by Crippen LogP contribution is -2.45. The standard InChI is InChI=1S/C25H33N3O5S/c1-18(2)15-27-25(26-4)24(29)19(3)34(30,31)28(16-20-7-11-22(32-5)12-8-20)17-21-9-13-23(33-6)14-10-21/h7-15,19,24,29H,4,16-17H2,1-3,5-6H3/b27-25-/t19-,24+/m0/s1. The Labute approximate surface area is 202 Å². The normalized spacial score (nSPS) is 13.8. The molecule has 0 saturated heterocycles. The summed E-state index contributed by atoms with van der Waals surface area (Å²) in [5, 5.41) is 9.60. The van der Waals surface area contributed by atoms with Crippen molar-refractivity contribution >= 4 is 22.6 Å². The highest BCUT2D eigenvalue weighted by molar-refractivity contribution is 7.89.